The first-order valence-corrected chi connectivity index (χ1v) is 10.8. The van der Waals surface area contributed by atoms with Crippen molar-refractivity contribution in [2.24, 2.45) is 14.1 Å². The molecule has 3 aromatic rings. The van der Waals surface area contributed by atoms with Crippen molar-refractivity contribution >= 4 is 17.2 Å². The van der Waals surface area contributed by atoms with E-state index in [-0.39, 0.29) is 23.6 Å². The number of amides is 1. The van der Waals surface area contributed by atoms with Crippen molar-refractivity contribution < 1.29 is 4.79 Å². The van der Waals surface area contributed by atoms with Gasteiger partial charge >= 0.3 is 5.69 Å². The summed E-state index contributed by atoms with van der Waals surface area (Å²) < 4.78 is 4.80. The number of piperidine rings is 1. The van der Waals surface area contributed by atoms with Crippen LogP contribution in [0.4, 0.5) is 0 Å². The second-order valence-electron chi connectivity index (χ2n) is 7.83. The molecule has 4 heterocycles. The number of nitrogens with zero attached hydrogens (tertiary/aromatic N) is 6. The number of carbonyl (C=O) groups excluding carboxylic acids is 1. The number of hydrogen-bond acceptors (Lipinski definition) is 5. The molecule has 3 aromatic heterocycles. The fourth-order valence-corrected chi connectivity index (χ4v) is 4.69. The molecule has 9 heteroatoms. The van der Waals surface area contributed by atoms with Crippen LogP contribution in [0.15, 0.2) is 28.4 Å². The van der Waals surface area contributed by atoms with Gasteiger partial charge in [-0.3, -0.25) is 14.0 Å². The molecule has 1 unspecified atom stereocenters. The van der Waals surface area contributed by atoms with Crippen LogP contribution in [0.2, 0.25) is 0 Å². The van der Waals surface area contributed by atoms with Gasteiger partial charge in [0.1, 0.15) is 17.2 Å². The lowest BCUT2D eigenvalue weighted by Crippen LogP contribution is -2.41. The lowest BCUT2D eigenvalue weighted by Gasteiger charge is -2.32. The minimum absolute atomic E-state index is 0.0260. The molecule has 1 fully saturated rings. The van der Waals surface area contributed by atoms with Gasteiger partial charge in [-0.1, -0.05) is 6.07 Å². The first kappa shape index (κ1) is 19.6. The molecule has 0 bridgehead atoms. The Hall–Kier alpha value is -2.68. The van der Waals surface area contributed by atoms with Crippen molar-refractivity contribution in [2.75, 3.05) is 13.1 Å². The topological polar surface area (TPSA) is 78.0 Å². The summed E-state index contributed by atoms with van der Waals surface area (Å²) in [6.07, 6.45) is 1.80. The molecule has 1 saturated heterocycles. The molecular formula is C20H26N6O2S. The molecule has 0 spiro atoms. The van der Waals surface area contributed by atoms with Gasteiger partial charge in [-0.25, -0.2) is 9.48 Å². The third-order valence-corrected chi connectivity index (χ3v) is 6.34. The van der Waals surface area contributed by atoms with Crippen LogP contribution >= 0.6 is 11.3 Å². The van der Waals surface area contributed by atoms with Gasteiger partial charge < -0.3 is 4.90 Å². The molecule has 0 N–H and O–H groups in total. The van der Waals surface area contributed by atoms with E-state index in [0.717, 1.165) is 29.2 Å². The van der Waals surface area contributed by atoms with E-state index in [9.17, 15) is 9.59 Å². The van der Waals surface area contributed by atoms with E-state index < -0.39 is 0 Å². The Morgan fingerprint density at radius 2 is 2.03 bits per heavy atom. The predicted octanol–water partition coefficient (Wildman–Crippen LogP) is 2.64. The third-order valence-electron chi connectivity index (χ3n) is 5.44. The highest BCUT2D eigenvalue weighted by Gasteiger charge is 2.31. The monoisotopic (exact) mass is 414 g/mol. The van der Waals surface area contributed by atoms with Crippen LogP contribution < -0.4 is 5.69 Å². The predicted molar refractivity (Wildman–Crippen MR) is 112 cm³/mol. The number of hydrogen-bond donors (Lipinski definition) is 0. The highest BCUT2D eigenvalue weighted by Crippen LogP contribution is 2.29. The minimum Gasteiger partial charge on any atom is -0.337 e. The Kier molecular flexibility index (Phi) is 5.16. The quantitative estimate of drug-likeness (QED) is 0.658. The van der Waals surface area contributed by atoms with E-state index in [2.05, 4.69) is 10.2 Å². The number of aryl methyl sites for hydroxylation is 2. The lowest BCUT2D eigenvalue weighted by molar-refractivity contribution is 0.0691. The zero-order chi connectivity index (χ0) is 20.7. The molecule has 0 aliphatic carbocycles. The summed E-state index contributed by atoms with van der Waals surface area (Å²) in [5.74, 6) is 0.796. The van der Waals surface area contributed by atoms with Gasteiger partial charge in [-0.05, 0) is 44.2 Å². The molecule has 1 aliphatic rings. The van der Waals surface area contributed by atoms with Crippen molar-refractivity contribution in [1.29, 1.82) is 0 Å². The van der Waals surface area contributed by atoms with Crippen LogP contribution in [0.3, 0.4) is 0 Å². The zero-order valence-corrected chi connectivity index (χ0v) is 18.0. The molecule has 0 saturated carbocycles. The van der Waals surface area contributed by atoms with Crippen LogP contribution in [0, 0.1) is 0 Å². The highest BCUT2D eigenvalue weighted by atomic mass is 32.1. The van der Waals surface area contributed by atoms with Gasteiger partial charge in [0.25, 0.3) is 5.91 Å². The van der Waals surface area contributed by atoms with E-state index in [0.29, 0.717) is 18.8 Å². The number of rotatable bonds is 4. The molecule has 0 radical (unpaired) electrons. The standard InChI is InChI=1S/C20H26N6O2S/c1-13(2)26-18(22-24(4)20(26)28)14-7-5-9-25(12-14)19(27)16-11-15(21-23(16)3)17-8-6-10-29-17/h6,8,10-11,13-14H,5,7,9,12H2,1-4H3. The maximum atomic E-state index is 13.2. The molecule has 1 amide bonds. The second-order valence-corrected chi connectivity index (χ2v) is 8.78. The highest BCUT2D eigenvalue weighted by molar-refractivity contribution is 7.13. The normalized spacial score (nSPS) is 17.3. The summed E-state index contributed by atoms with van der Waals surface area (Å²) in [5.41, 5.74) is 1.29. The molecule has 1 aliphatic heterocycles. The molecule has 29 heavy (non-hydrogen) atoms. The lowest BCUT2D eigenvalue weighted by atomic mass is 9.96. The summed E-state index contributed by atoms with van der Waals surface area (Å²) in [5, 5.41) is 11.0. The van der Waals surface area contributed by atoms with Crippen LogP contribution in [-0.4, -0.2) is 48.0 Å². The van der Waals surface area contributed by atoms with Gasteiger partial charge in [0.15, 0.2) is 0 Å². The SMILES string of the molecule is CC(C)n1c(C2CCCN(C(=O)c3cc(-c4cccs4)nn3C)C2)nn(C)c1=O. The van der Waals surface area contributed by atoms with E-state index in [1.807, 2.05) is 42.3 Å². The first-order chi connectivity index (χ1) is 13.9. The Morgan fingerprint density at radius 3 is 2.72 bits per heavy atom. The van der Waals surface area contributed by atoms with Gasteiger partial charge in [0.2, 0.25) is 0 Å². The molecule has 8 nitrogen and oxygen atoms in total. The van der Waals surface area contributed by atoms with Crippen LogP contribution in [0.5, 0.6) is 0 Å². The molecule has 154 valence electrons. The average molecular weight is 415 g/mol. The van der Waals surface area contributed by atoms with Crippen LogP contribution in [0.25, 0.3) is 10.6 Å². The van der Waals surface area contributed by atoms with E-state index in [1.165, 1.54) is 4.68 Å². The largest absolute Gasteiger partial charge is 0.345 e. The number of carbonyl (C=O) groups is 1. The van der Waals surface area contributed by atoms with Gasteiger partial charge in [-0.15, -0.1) is 11.3 Å². The average Bonchev–Trinajstić information content (AvgIpc) is 3.41. The molecule has 0 aromatic carbocycles. The van der Waals surface area contributed by atoms with E-state index in [1.54, 1.807) is 34.7 Å². The fraction of sp³-hybridized carbons (Fsp3) is 0.500. The Labute approximate surface area is 173 Å². The number of thiophene rings is 1. The third kappa shape index (κ3) is 3.55. The Morgan fingerprint density at radius 1 is 1.24 bits per heavy atom. The summed E-state index contributed by atoms with van der Waals surface area (Å²) >= 11 is 1.61. The van der Waals surface area contributed by atoms with E-state index >= 15 is 0 Å². The van der Waals surface area contributed by atoms with Gasteiger partial charge in [0, 0.05) is 39.1 Å². The van der Waals surface area contributed by atoms with Crippen molar-refractivity contribution in [3.8, 4) is 10.6 Å². The summed E-state index contributed by atoms with van der Waals surface area (Å²) in [6, 6.07) is 5.88. The van der Waals surface area contributed by atoms with Crippen LogP contribution in [-0.2, 0) is 14.1 Å². The fourth-order valence-electron chi connectivity index (χ4n) is 4.01. The smallest absolute Gasteiger partial charge is 0.337 e. The maximum Gasteiger partial charge on any atom is 0.345 e. The Bertz CT molecular complexity index is 1080. The maximum absolute atomic E-state index is 13.2. The van der Waals surface area contributed by atoms with Crippen molar-refractivity contribution in [2.45, 2.75) is 38.6 Å². The summed E-state index contributed by atoms with van der Waals surface area (Å²) in [6.45, 7) is 5.23. The second kappa shape index (κ2) is 7.62. The molecule has 4 rings (SSSR count). The summed E-state index contributed by atoms with van der Waals surface area (Å²) in [4.78, 5) is 28.6. The number of aromatic nitrogens is 5. The van der Waals surface area contributed by atoms with Crippen molar-refractivity contribution in [3.63, 3.8) is 0 Å². The zero-order valence-electron chi connectivity index (χ0n) is 17.2. The minimum atomic E-state index is -0.106. The Balaban J connectivity index is 1.59. The van der Waals surface area contributed by atoms with Crippen LogP contribution in [0.1, 0.15) is 55.0 Å². The first-order valence-electron chi connectivity index (χ1n) is 9.89. The number of likely N-dealkylation sites (tertiary alicyclic amines) is 1. The van der Waals surface area contributed by atoms with E-state index in [4.69, 9.17) is 0 Å². The van der Waals surface area contributed by atoms with Gasteiger partial charge in [-0.2, -0.15) is 10.2 Å². The molecular weight excluding hydrogens is 388 g/mol. The van der Waals surface area contributed by atoms with Crippen molar-refractivity contribution in [1.82, 2.24) is 29.0 Å². The van der Waals surface area contributed by atoms with Crippen molar-refractivity contribution in [3.05, 3.63) is 45.6 Å². The summed E-state index contributed by atoms with van der Waals surface area (Å²) in [7, 11) is 3.49. The van der Waals surface area contributed by atoms with Gasteiger partial charge in [0.05, 0.1) is 4.88 Å². The molecule has 1 atom stereocenters.